The zero-order chi connectivity index (χ0) is 19.7. The summed E-state index contributed by atoms with van der Waals surface area (Å²) in [6.45, 7) is 3.95. The average Bonchev–Trinajstić information content (AvgIpc) is 3.01. The van der Waals surface area contributed by atoms with Gasteiger partial charge in [0.2, 0.25) is 5.91 Å². The number of β-amino-alcohol motifs (C(OH)–C–C–N with tert-alkyl or cyclic N) is 1. The van der Waals surface area contributed by atoms with Crippen LogP contribution < -0.4 is 9.80 Å². The highest BCUT2D eigenvalue weighted by Crippen LogP contribution is 2.31. The summed E-state index contributed by atoms with van der Waals surface area (Å²) in [4.78, 5) is 20.9. The number of rotatable bonds is 3. The zero-order valence-electron chi connectivity index (χ0n) is 15.5. The molecule has 1 N–H and O–H groups in total. The number of hydrogen-bond donors (Lipinski definition) is 1. The fourth-order valence-corrected chi connectivity index (χ4v) is 3.67. The van der Waals surface area contributed by atoms with Crippen molar-refractivity contribution >= 4 is 29.0 Å². The largest absolute Gasteiger partial charge is 0.391 e. The Balaban J connectivity index is 1.98. The lowest BCUT2D eigenvalue weighted by atomic mass is 10.1. The van der Waals surface area contributed by atoms with Crippen LogP contribution in [0.25, 0.3) is 0 Å². The monoisotopic (exact) mass is 384 g/mol. The van der Waals surface area contributed by atoms with Crippen molar-refractivity contribution in [3.8, 4) is 6.07 Å². The van der Waals surface area contributed by atoms with Crippen molar-refractivity contribution in [2.75, 3.05) is 23.4 Å². The molecular weight excluding hydrogens is 364 g/mol. The van der Waals surface area contributed by atoms with Gasteiger partial charge >= 0.3 is 0 Å². The number of aliphatic hydroxyl groups excluding tert-OH is 1. The second kappa shape index (κ2) is 7.55. The third-order valence-corrected chi connectivity index (χ3v) is 5.03. The molecule has 0 radical (unpaired) electrons. The van der Waals surface area contributed by atoms with Crippen LogP contribution in [-0.4, -0.2) is 41.7 Å². The van der Waals surface area contributed by atoms with Crippen molar-refractivity contribution in [1.29, 1.82) is 5.26 Å². The number of carbonyl (C=O) groups is 1. The molecule has 7 heteroatoms. The minimum Gasteiger partial charge on any atom is -0.391 e. The molecule has 0 aliphatic carbocycles. The van der Waals surface area contributed by atoms with E-state index in [9.17, 15) is 15.2 Å². The van der Waals surface area contributed by atoms with Gasteiger partial charge in [0, 0.05) is 36.4 Å². The normalized spacial score (nSPS) is 19.0. The predicted octanol–water partition coefficient (Wildman–Crippen LogP) is 2.83. The quantitative estimate of drug-likeness (QED) is 0.880. The zero-order valence-corrected chi connectivity index (χ0v) is 16.2. The van der Waals surface area contributed by atoms with E-state index in [1.807, 2.05) is 19.9 Å². The third kappa shape index (κ3) is 3.75. The van der Waals surface area contributed by atoms with E-state index >= 15 is 0 Å². The molecule has 1 aliphatic heterocycles. The number of aryl methyl sites for hydroxylation is 2. The Bertz CT molecular complexity index is 925. The first-order valence-electron chi connectivity index (χ1n) is 8.68. The van der Waals surface area contributed by atoms with Crippen molar-refractivity contribution in [2.45, 2.75) is 32.4 Å². The maximum atomic E-state index is 13.2. The van der Waals surface area contributed by atoms with E-state index in [4.69, 9.17) is 11.6 Å². The van der Waals surface area contributed by atoms with Gasteiger partial charge in [-0.15, -0.1) is 0 Å². The lowest BCUT2D eigenvalue weighted by Crippen LogP contribution is -2.45. The summed E-state index contributed by atoms with van der Waals surface area (Å²) in [5.74, 6) is 0.267. The summed E-state index contributed by atoms with van der Waals surface area (Å²) in [5, 5.41) is 20.3. The molecule has 1 fully saturated rings. The highest BCUT2D eigenvalue weighted by Gasteiger charge is 2.39. The Morgan fingerprint density at radius 1 is 1.41 bits per heavy atom. The number of anilines is 2. The lowest BCUT2D eigenvalue weighted by Gasteiger charge is -2.29. The topological polar surface area (TPSA) is 80.5 Å². The number of carbonyl (C=O) groups excluding carboxylic acids is 1. The first-order valence-corrected chi connectivity index (χ1v) is 9.05. The minimum atomic E-state index is -0.666. The van der Waals surface area contributed by atoms with Crippen molar-refractivity contribution in [3.63, 3.8) is 0 Å². The Morgan fingerprint density at radius 3 is 2.81 bits per heavy atom. The third-order valence-electron chi connectivity index (χ3n) is 4.80. The maximum absolute atomic E-state index is 13.2. The van der Waals surface area contributed by atoms with Crippen LogP contribution in [0.15, 0.2) is 30.3 Å². The molecular formula is C20H21ClN4O2. The van der Waals surface area contributed by atoms with Gasteiger partial charge in [0.25, 0.3) is 0 Å². The van der Waals surface area contributed by atoms with E-state index in [1.165, 1.54) is 4.90 Å². The molecule has 3 rings (SSSR count). The molecule has 1 amide bonds. The van der Waals surface area contributed by atoms with Gasteiger partial charge < -0.3 is 14.9 Å². The Hall–Kier alpha value is -2.62. The highest BCUT2D eigenvalue weighted by atomic mass is 35.5. The predicted molar refractivity (Wildman–Crippen MR) is 105 cm³/mol. The van der Waals surface area contributed by atoms with E-state index in [0.717, 1.165) is 11.3 Å². The fraction of sp³-hybridized carbons (Fsp3) is 0.350. The second-order valence-corrected chi connectivity index (χ2v) is 7.26. The molecule has 2 heterocycles. The van der Waals surface area contributed by atoms with Gasteiger partial charge in [-0.25, -0.2) is 4.98 Å². The molecule has 1 aromatic heterocycles. The summed E-state index contributed by atoms with van der Waals surface area (Å²) < 4.78 is 0. The van der Waals surface area contributed by atoms with Crippen molar-refractivity contribution in [3.05, 3.63) is 52.2 Å². The molecule has 0 bridgehead atoms. The molecule has 1 aromatic carbocycles. The van der Waals surface area contributed by atoms with E-state index in [0.29, 0.717) is 22.1 Å². The van der Waals surface area contributed by atoms with Crippen molar-refractivity contribution in [2.24, 2.45) is 0 Å². The van der Waals surface area contributed by atoms with E-state index in [1.54, 1.807) is 36.2 Å². The molecule has 6 nitrogen and oxygen atoms in total. The van der Waals surface area contributed by atoms with Gasteiger partial charge in [-0.1, -0.05) is 17.7 Å². The van der Waals surface area contributed by atoms with Gasteiger partial charge in [0.05, 0.1) is 11.7 Å². The van der Waals surface area contributed by atoms with Gasteiger partial charge in [0.15, 0.2) is 0 Å². The minimum absolute atomic E-state index is 0.182. The number of pyridine rings is 1. The lowest BCUT2D eigenvalue weighted by molar-refractivity contribution is -0.119. The number of halogens is 1. The maximum Gasteiger partial charge on any atom is 0.249 e. The Kier molecular flexibility index (Phi) is 5.36. The number of nitrogens with zero attached hydrogens (tertiary/aromatic N) is 4. The van der Waals surface area contributed by atoms with E-state index in [2.05, 4.69) is 11.1 Å². The number of likely N-dealkylation sites (N-methyl/N-ethyl adjacent to an activating group) is 1. The van der Waals surface area contributed by atoms with Crippen LogP contribution in [-0.2, 0) is 4.79 Å². The molecule has 1 saturated heterocycles. The fourth-order valence-electron chi connectivity index (χ4n) is 3.48. The van der Waals surface area contributed by atoms with Crippen LogP contribution in [0.1, 0.15) is 23.2 Å². The molecule has 2 aromatic rings. The number of aromatic nitrogens is 1. The molecule has 0 unspecified atom stereocenters. The van der Waals surface area contributed by atoms with E-state index in [-0.39, 0.29) is 18.9 Å². The molecule has 140 valence electrons. The number of benzene rings is 1. The van der Waals surface area contributed by atoms with Gasteiger partial charge in [-0.2, -0.15) is 5.26 Å². The van der Waals surface area contributed by atoms with Gasteiger partial charge in [0.1, 0.15) is 17.9 Å². The van der Waals surface area contributed by atoms with Crippen LogP contribution in [0.4, 0.5) is 11.5 Å². The first-order chi connectivity index (χ1) is 12.8. The smallest absolute Gasteiger partial charge is 0.249 e. The summed E-state index contributed by atoms with van der Waals surface area (Å²) >= 11 is 6.04. The van der Waals surface area contributed by atoms with Crippen LogP contribution in [0, 0.1) is 25.2 Å². The summed E-state index contributed by atoms with van der Waals surface area (Å²) in [6.07, 6.45) is -0.385. The van der Waals surface area contributed by atoms with Crippen LogP contribution >= 0.6 is 11.6 Å². The number of hydrogen-bond acceptors (Lipinski definition) is 5. The highest BCUT2D eigenvalue weighted by molar-refractivity contribution is 6.30. The van der Waals surface area contributed by atoms with E-state index < -0.39 is 12.1 Å². The van der Waals surface area contributed by atoms with Crippen LogP contribution in [0.3, 0.4) is 0 Å². The Morgan fingerprint density at radius 2 is 2.15 bits per heavy atom. The summed E-state index contributed by atoms with van der Waals surface area (Å²) in [6, 6.07) is 10.5. The summed E-state index contributed by atoms with van der Waals surface area (Å²) in [7, 11) is 1.68. The average molecular weight is 385 g/mol. The molecule has 2 atom stereocenters. The molecule has 0 saturated carbocycles. The van der Waals surface area contributed by atoms with Crippen LogP contribution in [0.5, 0.6) is 0 Å². The number of aliphatic hydroxyl groups is 1. The molecule has 0 spiro atoms. The first kappa shape index (κ1) is 19.2. The SMILES string of the molecule is Cc1cc(C)c(C#N)c(N2C[C@@H](O)C[C@H]2C(=O)N(C)c2cccc(Cl)c2)n1. The standard InChI is InChI=1S/C20H21ClN4O2/c1-12-7-13(2)23-19(17(12)10-22)25-11-16(26)9-18(25)20(27)24(3)15-6-4-5-14(21)8-15/h4-8,16,18,26H,9,11H2,1-3H3/t16-,18-/m0/s1. The second-order valence-electron chi connectivity index (χ2n) is 6.83. The summed E-state index contributed by atoms with van der Waals surface area (Å²) in [5.41, 5.74) is 2.66. The number of amides is 1. The van der Waals surface area contributed by atoms with Gasteiger partial charge in [-0.05, 0) is 43.7 Å². The van der Waals surface area contributed by atoms with Crippen molar-refractivity contribution < 1.29 is 9.90 Å². The van der Waals surface area contributed by atoms with Gasteiger partial charge in [-0.3, -0.25) is 4.79 Å². The Labute approximate surface area is 163 Å². The molecule has 27 heavy (non-hydrogen) atoms. The van der Waals surface area contributed by atoms with Crippen molar-refractivity contribution in [1.82, 2.24) is 4.98 Å². The van der Waals surface area contributed by atoms with Crippen LogP contribution in [0.2, 0.25) is 5.02 Å². The number of nitriles is 1. The molecule has 1 aliphatic rings.